The Morgan fingerprint density at radius 3 is 2.28 bits per heavy atom. The van der Waals surface area contributed by atoms with Gasteiger partial charge in [-0.1, -0.05) is 37.3 Å². The summed E-state index contributed by atoms with van der Waals surface area (Å²) in [5, 5.41) is 0. The summed E-state index contributed by atoms with van der Waals surface area (Å²) in [6.07, 6.45) is 0.860. The van der Waals surface area contributed by atoms with Crippen molar-refractivity contribution in [2.24, 2.45) is 0 Å². The molecule has 96 valence electrons. The highest BCUT2D eigenvalue weighted by Gasteiger charge is 2.16. The molecule has 0 unspecified atom stereocenters. The zero-order valence-electron chi connectivity index (χ0n) is 11.3. The number of benzene rings is 1. The highest BCUT2D eigenvalue weighted by Crippen LogP contribution is 2.28. The average Bonchev–Trinajstić information content (AvgIpc) is 2.85. The normalized spacial score (nSPS) is 10.6. The molecule has 0 aliphatic heterocycles. The number of hydrogen-bond donors (Lipinski definition) is 0. The maximum absolute atomic E-state index is 5.88. The minimum Gasteiger partial charge on any atom is -0.428 e. The highest BCUT2D eigenvalue weighted by molar-refractivity contribution is 5.62. The Labute approximate surface area is 108 Å². The largest absolute Gasteiger partial charge is 0.428 e. The summed E-state index contributed by atoms with van der Waals surface area (Å²) in [6, 6.07) is 10.9. The van der Waals surface area contributed by atoms with Gasteiger partial charge < -0.3 is 9.32 Å². The van der Waals surface area contributed by atoms with Gasteiger partial charge in [0.05, 0.1) is 0 Å². The number of nitrogens with zero attached hydrogens (tertiary/aromatic N) is 2. The molecule has 0 aliphatic rings. The molecule has 3 nitrogen and oxygen atoms in total. The molecule has 0 fully saturated rings. The summed E-state index contributed by atoms with van der Waals surface area (Å²) in [7, 11) is 0. The molecular weight excluding hydrogens is 224 g/mol. The maximum Gasteiger partial charge on any atom is 0.298 e. The molecule has 0 radical (unpaired) electrons. The summed E-state index contributed by atoms with van der Waals surface area (Å²) in [5.74, 6) is 0.961. The van der Waals surface area contributed by atoms with E-state index < -0.39 is 0 Å². The predicted octanol–water partition coefficient (Wildman–Crippen LogP) is 3.75. The van der Waals surface area contributed by atoms with Gasteiger partial charge in [0, 0.05) is 25.1 Å². The molecule has 2 rings (SSSR count). The van der Waals surface area contributed by atoms with Crippen LogP contribution < -0.4 is 4.90 Å². The Morgan fingerprint density at radius 2 is 1.72 bits per heavy atom. The van der Waals surface area contributed by atoms with Crippen molar-refractivity contribution in [3.05, 3.63) is 36.1 Å². The van der Waals surface area contributed by atoms with E-state index in [-0.39, 0.29) is 0 Å². The minimum absolute atomic E-state index is 0.732. The van der Waals surface area contributed by atoms with Crippen LogP contribution in [0.4, 0.5) is 6.01 Å². The maximum atomic E-state index is 5.88. The van der Waals surface area contributed by atoms with Crippen molar-refractivity contribution in [2.45, 2.75) is 27.2 Å². The molecule has 0 aliphatic carbocycles. The second-order valence-corrected chi connectivity index (χ2v) is 4.16. The Kier molecular flexibility index (Phi) is 4.03. The van der Waals surface area contributed by atoms with Crippen LogP contribution >= 0.6 is 0 Å². The highest BCUT2D eigenvalue weighted by atomic mass is 16.4. The van der Waals surface area contributed by atoms with Crippen molar-refractivity contribution in [2.75, 3.05) is 18.0 Å². The number of rotatable bonds is 5. The third-order valence-corrected chi connectivity index (χ3v) is 3.09. The van der Waals surface area contributed by atoms with Gasteiger partial charge in [0.25, 0.3) is 6.01 Å². The first-order chi connectivity index (χ1) is 8.80. The molecule has 0 N–H and O–H groups in total. The fraction of sp³-hybridized carbons (Fsp3) is 0.400. The van der Waals surface area contributed by atoms with Gasteiger partial charge in [-0.2, -0.15) is 4.98 Å². The molecule has 0 bridgehead atoms. The first-order valence-corrected chi connectivity index (χ1v) is 6.60. The number of aromatic nitrogens is 1. The van der Waals surface area contributed by atoms with E-state index in [1.165, 1.54) is 0 Å². The minimum atomic E-state index is 0.732. The zero-order chi connectivity index (χ0) is 13.0. The fourth-order valence-corrected chi connectivity index (χ4v) is 2.03. The molecule has 0 spiro atoms. The molecule has 0 amide bonds. The molecule has 3 heteroatoms. The van der Waals surface area contributed by atoms with Crippen LogP contribution in [0.5, 0.6) is 0 Å². The van der Waals surface area contributed by atoms with Gasteiger partial charge in [-0.05, 0) is 13.8 Å². The molecule has 1 aromatic heterocycles. The quantitative estimate of drug-likeness (QED) is 0.802. The van der Waals surface area contributed by atoms with Crippen molar-refractivity contribution in [1.82, 2.24) is 4.98 Å². The molecule has 0 saturated carbocycles. The van der Waals surface area contributed by atoms with Gasteiger partial charge in [-0.15, -0.1) is 0 Å². The zero-order valence-corrected chi connectivity index (χ0v) is 11.3. The SMILES string of the molecule is CCc1oc(N(CC)CC)nc1-c1ccccc1. The van der Waals surface area contributed by atoms with Gasteiger partial charge >= 0.3 is 0 Å². The average molecular weight is 244 g/mol. The van der Waals surface area contributed by atoms with E-state index in [1.54, 1.807) is 0 Å². The van der Waals surface area contributed by atoms with Crippen molar-refractivity contribution in [3.63, 3.8) is 0 Å². The Hall–Kier alpha value is -1.77. The number of hydrogen-bond acceptors (Lipinski definition) is 3. The lowest BCUT2D eigenvalue weighted by molar-refractivity contribution is 0.500. The molecule has 2 aromatic rings. The first kappa shape index (κ1) is 12.7. The van der Waals surface area contributed by atoms with Crippen molar-refractivity contribution >= 4 is 6.01 Å². The van der Waals surface area contributed by atoms with Crippen LogP contribution in [0.25, 0.3) is 11.3 Å². The lowest BCUT2D eigenvalue weighted by atomic mass is 10.1. The van der Waals surface area contributed by atoms with Crippen LogP contribution in [0.2, 0.25) is 0 Å². The first-order valence-electron chi connectivity index (χ1n) is 6.60. The monoisotopic (exact) mass is 244 g/mol. The van der Waals surface area contributed by atoms with Crippen LogP contribution in [-0.4, -0.2) is 18.1 Å². The van der Waals surface area contributed by atoms with Crippen LogP contribution in [0.3, 0.4) is 0 Å². The van der Waals surface area contributed by atoms with Gasteiger partial charge in [0.15, 0.2) is 0 Å². The Balaban J connectivity index is 2.42. The molecular formula is C15H20N2O. The van der Waals surface area contributed by atoms with Gasteiger partial charge in [-0.25, -0.2) is 0 Å². The van der Waals surface area contributed by atoms with E-state index in [4.69, 9.17) is 4.42 Å². The topological polar surface area (TPSA) is 29.3 Å². The third kappa shape index (κ3) is 2.40. The molecule has 18 heavy (non-hydrogen) atoms. The van der Waals surface area contributed by atoms with E-state index in [1.807, 2.05) is 18.2 Å². The fourth-order valence-electron chi connectivity index (χ4n) is 2.03. The predicted molar refractivity (Wildman–Crippen MR) is 74.9 cm³/mol. The van der Waals surface area contributed by atoms with E-state index in [9.17, 15) is 0 Å². The smallest absolute Gasteiger partial charge is 0.298 e. The number of aryl methyl sites for hydroxylation is 1. The molecule has 1 aromatic carbocycles. The van der Waals surface area contributed by atoms with Gasteiger partial charge in [0.1, 0.15) is 11.5 Å². The number of anilines is 1. The third-order valence-electron chi connectivity index (χ3n) is 3.09. The molecule has 0 atom stereocenters. The summed E-state index contributed by atoms with van der Waals surface area (Å²) in [4.78, 5) is 6.78. The second kappa shape index (κ2) is 5.71. The van der Waals surface area contributed by atoms with Crippen molar-refractivity contribution in [1.29, 1.82) is 0 Å². The molecule has 0 saturated heterocycles. The van der Waals surface area contributed by atoms with Crippen LogP contribution in [0, 0.1) is 0 Å². The van der Waals surface area contributed by atoms with Gasteiger partial charge in [-0.3, -0.25) is 0 Å². The summed E-state index contributed by atoms with van der Waals surface area (Å²) in [6.45, 7) is 8.14. The summed E-state index contributed by atoms with van der Waals surface area (Å²) >= 11 is 0. The lowest BCUT2D eigenvalue weighted by Crippen LogP contribution is -2.21. The van der Waals surface area contributed by atoms with E-state index in [0.717, 1.165) is 42.5 Å². The summed E-state index contributed by atoms with van der Waals surface area (Å²) in [5.41, 5.74) is 2.09. The van der Waals surface area contributed by atoms with Crippen LogP contribution in [0.15, 0.2) is 34.7 Å². The van der Waals surface area contributed by atoms with Gasteiger partial charge in [0.2, 0.25) is 0 Å². The number of oxazole rings is 1. The van der Waals surface area contributed by atoms with E-state index in [0.29, 0.717) is 0 Å². The van der Waals surface area contributed by atoms with Crippen LogP contribution in [-0.2, 0) is 6.42 Å². The Bertz CT molecular complexity index is 486. The molecule has 1 heterocycles. The Morgan fingerprint density at radius 1 is 1.06 bits per heavy atom. The second-order valence-electron chi connectivity index (χ2n) is 4.16. The van der Waals surface area contributed by atoms with E-state index in [2.05, 4.69) is 42.8 Å². The standard InChI is InChI=1S/C15H20N2O/c1-4-13-14(12-10-8-7-9-11-12)16-15(18-13)17(5-2)6-3/h7-11H,4-6H2,1-3H3. The summed E-state index contributed by atoms with van der Waals surface area (Å²) < 4.78 is 5.88. The van der Waals surface area contributed by atoms with Crippen LogP contribution in [0.1, 0.15) is 26.5 Å². The lowest BCUT2D eigenvalue weighted by Gasteiger charge is -2.14. The van der Waals surface area contributed by atoms with Crippen molar-refractivity contribution < 1.29 is 4.42 Å². The van der Waals surface area contributed by atoms with E-state index >= 15 is 0 Å². The van der Waals surface area contributed by atoms with Crippen molar-refractivity contribution in [3.8, 4) is 11.3 Å².